The van der Waals surface area contributed by atoms with Gasteiger partial charge in [-0.25, -0.2) is 9.79 Å². The van der Waals surface area contributed by atoms with Gasteiger partial charge in [-0.05, 0) is 19.9 Å². The third-order valence-electron chi connectivity index (χ3n) is 3.77. The van der Waals surface area contributed by atoms with Crippen LogP contribution in [-0.4, -0.2) is 74.1 Å². The summed E-state index contributed by atoms with van der Waals surface area (Å²) in [5, 5.41) is 28.7. The van der Waals surface area contributed by atoms with E-state index in [9.17, 15) is 15.0 Å². The smallest absolute Gasteiger partial charge is 0.351 e. The van der Waals surface area contributed by atoms with Gasteiger partial charge in [-0.2, -0.15) is 4.98 Å². The lowest BCUT2D eigenvalue weighted by molar-refractivity contribution is -0.0549. The molecule has 3 N–H and O–H groups in total. The fourth-order valence-electron chi connectivity index (χ4n) is 2.31. The SMILES string of the molecule is CCN(/C=N/c1ccn([C@@H]2O[C@H](CO)[C@H](O)C2O)c(=O)n1)CC. The Hall–Kier alpha value is -1.81. The number of rotatable bonds is 6. The minimum atomic E-state index is -1.32. The number of aliphatic hydroxyl groups is 3. The summed E-state index contributed by atoms with van der Waals surface area (Å²) < 4.78 is 6.37. The van der Waals surface area contributed by atoms with Crippen molar-refractivity contribution in [1.29, 1.82) is 0 Å². The van der Waals surface area contributed by atoms with Gasteiger partial charge in [-0.3, -0.25) is 4.57 Å². The van der Waals surface area contributed by atoms with E-state index in [0.717, 1.165) is 17.7 Å². The van der Waals surface area contributed by atoms with E-state index in [1.807, 2.05) is 18.7 Å². The average molecular weight is 326 g/mol. The summed E-state index contributed by atoms with van der Waals surface area (Å²) >= 11 is 0. The van der Waals surface area contributed by atoms with Gasteiger partial charge in [0.1, 0.15) is 18.3 Å². The van der Waals surface area contributed by atoms with Crippen LogP contribution in [0, 0.1) is 0 Å². The molecule has 1 unspecified atom stereocenters. The first-order valence-electron chi connectivity index (χ1n) is 7.51. The molecule has 0 spiro atoms. The number of hydrogen-bond donors (Lipinski definition) is 3. The highest BCUT2D eigenvalue weighted by atomic mass is 16.6. The number of aromatic nitrogens is 2. The van der Waals surface area contributed by atoms with Gasteiger partial charge in [0.05, 0.1) is 12.9 Å². The monoisotopic (exact) mass is 326 g/mol. The summed E-state index contributed by atoms with van der Waals surface area (Å²) in [6, 6.07) is 1.51. The van der Waals surface area contributed by atoms with E-state index in [1.165, 1.54) is 12.3 Å². The lowest BCUT2D eigenvalue weighted by Gasteiger charge is -2.17. The third-order valence-corrected chi connectivity index (χ3v) is 3.77. The van der Waals surface area contributed by atoms with Crippen molar-refractivity contribution in [1.82, 2.24) is 14.5 Å². The highest BCUT2D eigenvalue weighted by Gasteiger charge is 2.43. The summed E-state index contributed by atoms with van der Waals surface area (Å²) in [4.78, 5) is 22.0. The van der Waals surface area contributed by atoms with Gasteiger partial charge in [0, 0.05) is 19.3 Å². The summed E-state index contributed by atoms with van der Waals surface area (Å²) in [5.41, 5.74) is -0.658. The molecule has 2 heterocycles. The van der Waals surface area contributed by atoms with E-state index >= 15 is 0 Å². The molecule has 23 heavy (non-hydrogen) atoms. The molecule has 1 aliphatic rings. The Morgan fingerprint density at radius 1 is 1.39 bits per heavy atom. The molecule has 1 saturated heterocycles. The second-order valence-corrected chi connectivity index (χ2v) is 5.17. The molecule has 0 amide bonds. The van der Waals surface area contributed by atoms with Crippen LogP contribution in [0.4, 0.5) is 5.82 Å². The summed E-state index contributed by atoms with van der Waals surface area (Å²) in [5.74, 6) is 0.241. The maximum Gasteiger partial charge on any atom is 0.351 e. The van der Waals surface area contributed by atoms with E-state index in [1.54, 1.807) is 6.34 Å². The minimum Gasteiger partial charge on any atom is -0.394 e. The molecule has 2 rings (SSSR count). The molecule has 1 aliphatic heterocycles. The molecule has 0 aromatic carbocycles. The first-order chi connectivity index (χ1) is 11.0. The zero-order valence-electron chi connectivity index (χ0n) is 13.1. The molecule has 9 nitrogen and oxygen atoms in total. The summed E-state index contributed by atoms with van der Waals surface area (Å²) in [6.07, 6.45) is -1.62. The van der Waals surface area contributed by atoms with Crippen LogP contribution in [-0.2, 0) is 4.74 Å². The van der Waals surface area contributed by atoms with E-state index in [2.05, 4.69) is 9.98 Å². The predicted octanol–water partition coefficient (Wildman–Crippen LogP) is -1.14. The molecule has 1 aromatic rings. The number of aliphatic imine (C=N–C) groups is 1. The topological polar surface area (TPSA) is 120 Å². The highest BCUT2D eigenvalue weighted by molar-refractivity contribution is 5.59. The van der Waals surface area contributed by atoms with Crippen LogP contribution in [0.3, 0.4) is 0 Å². The third kappa shape index (κ3) is 3.75. The van der Waals surface area contributed by atoms with E-state index in [4.69, 9.17) is 9.84 Å². The Balaban J connectivity index is 2.19. The van der Waals surface area contributed by atoms with Gasteiger partial charge in [-0.15, -0.1) is 0 Å². The Bertz CT molecular complexity index is 601. The molecule has 0 bridgehead atoms. The number of ether oxygens (including phenoxy) is 1. The summed E-state index contributed by atoms with van der Waals surface area (Å²) in [7, 11) is 0. The van der Waals surface area contributed by atoms with Crippen molar-refractivity contribution in [3.05, 3.63) is 22.7 Å². The van der Waals surface area contributed by atoms with E-state index in [0.29, 0.717) is 0 Å². The zero-order valence-corrected chi connectivity index (χ0v) is 13.1. The highest BCUT2D eigenvalue weighted by Crippen LogP contribution is 2.28. The van der Waals surface area contributed by atoms with Crippen LogP contribution < -0.4 is 5.69 Å². The lowest BCUT2D eigenvalue weighted by atomic mass is 10.1. The average Bonchev–Trinajstić information content (AvgIpc) is 2.84. The molecular formula is C14H22N4O5. The second kappa shape index (κ2) is 7.64. The van der Waals surface area contributed by atoms with Crippen LogP contribution in [0.2, 0.25) is 0 Å². The van der Waals surface area contributed by atoms with Crippen LogP contribution in [0.25, 0.3) is 0 Å². The van der Waals surface area contributed by atoms with Crippen molar-refractivity contribution in [2.24, 2.45) is 4.99 Å². The Morgan fingerprint density at radius 2 is 2.09 bits per heavy atom. The van der Waals surface area contributed by atoms with Gasteiger partial charge >= 0.3 is 5.69 Å². The minimum absolute atomic E-state index is 0.241. The molecule has 1 fully saturated rings. The number of nitrogens with zero attached hydrogens (tertiary/aromatic N) is 4. The van der Waals surface area contributed by atoms with Crippen molar-refractivity contribution in [3.63, 3.8) is 0 Å². The Kier molecular flexibility index (Phi) is 5.83. The van der Waals surface area contributed by atoms with Crippen LogP contribution >= 0.6 is 0 Å². The van der Waals surface area contributed by atoms with Crippen molar-refractivity contribution < 1.29 is 20.1 Å². The van der Waals surface area contributed by atoms with E-state index < -0.39 is 36.8 Å². The lowest BCUT2D eigenvalue weighted by Crippen LogP contribution is -2.35. The maximum atomic E-state index is 12.1. The zero-order chi connectivity index (χ0) is 17.0. The van der Waals surface area contributed by atoms with Crippen LogP contribution in [0.15, 0.2) is 22.1 Å². The molecule has 4 atom stereocenters. The normalized spacial score (nSPS) is 27.7. The van der Waals surface area contributed by atoms with Gasteiger partial charge in [0.2, 0.25) is 0 Å². The van der Waals surface area contributed by atoms with Crippen molar-refractivity contribution in [2.45, 2.75) is 38.4 Å². The van der Waals surface area contributed by atoms with Gasteiger partial charge in [0.15, 0.2) is 12.0 Å². The Morgan fingerprint density at radius 3 is 2.61 bits per heavy atom. The maximum absolute atomic E-state index is 12.1. The largest absolute Gasteiger partial charge is 0.394 e. The Labute approximate surface area is 133 Å². The molecule has 128 valence electrons. The second-order valence-electron chi connectivity index (χ2n) is 5.17. The van der Waals surface area contributed by atoms with E-state index in [-0.39, 0.29) is 5.82 Å². The van der Waals surface area contributed by atoms with Gasteiger partial charge in [0.25, 0.3) is 0 Å². The van der Waals surface area contributed by atoms with Crippen LogP contribution in [0.1, 0.15) is 20.1 Å². The standard InChI is InChI=1S/C14H22N4O5/c1-3-17(4-2)8-15-10-5-6-18(14(22)16-10)13-12(21)11(20)9(7-19)23-13/h5-6,8-9,11-13,19-21H,3-4,7H2,1-2H3/b15-8+/t9-,11+,12?,13-/m1/s1. The predicted molar refractivity (Wildman–Crippen MR) is 82.6 cm³/mol. The first kappa shape index (κ1) is 17.5. The number of hydrogen-bond acceptors (Lipinski definition) is 7. The fourth-order valence-corrected chi connectivity index (χ4v) is 2.31. The molecule has 1 aromatic heterocycles. The molecule has 0 saturated carbocycles. The molecule has 0 aliphatic carbocycles. The quantitative estimate of drug-likeness (QED) is 0.446. The first-order valence-corrected chi connectivity index (χ1v) is 7.51. The van der Waals surface area contributed by atoms with Crippen molar-refractivity contribution >= 4 is 12.2 Å². The molecular weight excluding hydrogens is 304 g/mol. The van der Waals surface area contributed by atoms with Gasteiger partial charge in [-0.1, -0.05) is 0 Å². The number of aliphatic hydroxyl groups excluding tert-OH is 3. The molecule has 0 radical (unpaired) electrons. The van der Waals surface area contributed by atoms with Gasteiger partial charge < -0.3 is 25.0 Å². The van der Waals surface area contributed by atoms with Crippen LogP contribution in [0.5, 0.6) is 0 Å². The fraction of sp³-hybridized carbons (Fsp3) is 0.643. The van der Waals surface area contributed by atoms with Crippen molar-refractivity contribution in [3.8, 4) is 0 Å². The summed E-state index contributed by atoms with van der Waals surface area (Å²) in [6.45, 7) is 5.10. The molecule has 9 heteroatoms. The van der Waals surface area contributed by atoms with Crippen molar-refractivity contribution in [2.75, 3.05) is 19.7 Å².